The Morgan fingerprint density at radius 2 is 1.11 bits per heavy atom. The number of Topliss-reactive ketones (excluding diaryl/α,β-unsaturated/α-hetero) is 1. The van der Waals surface area contributed by atoms with Crippen LogP contribution in [0.15, 0.2) is 29.3 Å². The molecule has 1 aliphatic rings. The van der Waals surface area contributed by atoms with Gasteiger partial charge in [0.2, 0.25) is 0 Å². The summed E-state index contributed by atoms with van der Waals surface area (Å²) in [5, 5.41) is 3.51. The van der Waals surface area contributed by atoms with Crippen LogP contribution in [0.1, 0.15) is 194 Å². The van der Waals surface area contributed by atoms with Crippen LogP contribution in [0, 0.1) is 11.8 Å². The molecule has 0 aromatic carbocycles. The van der Waals surface area contributed by atoms with E-state index in [1.165, 1.54) is 148 Å². The van der Waals surface area contributed by atoms with Gasteiger partial charge in [0.1, 0.15) is 5.78 Å². The van der Waals surface area contributed by atoms with E-state index in [-0.39, 0.29) is 5.92 Å². The number of hydrogen-bond acceptors (Lipinski definition) is 4. The van der Waals surface area contributed by atoms with Gasteiger partial charge in [-0.05, 0) is 70.6 Å². The average molecular weight is 628 g/mol. The maximum absolute atomic E-state index is 13.1. The van der Waals surface area contributed by atoms with Gasteiger partial charge in [-0.3, -0.25) is 9.79 Å². The molecule has 0 aliphatic carbocycles. The molecule has 262 valence electrons. The fraction of sp³-hybridized carbons (Fsp3) is 0.854. The van der Waals surface area contributed by atoms with Crippen molar-refractivity contribution in [3.05, 3.63) is 24.3 Å². The normalized spacial score (nSPS) is 14.8. The zero-order chi connectivity index (χ0) is 32.5. The largest absolute Gasteiger partial charge is 0.372 e. The Labute approximate surface area is 281 Å². The van der Waals surface area contributed by atoms with Crippen LogP contribution >= 0.6 is 0 Å². The van der Waals surface area contributed by atoms with Crippen molar-refractivity contribution in [2.45, 2.75) is 194 Å². The summed E-state index contributed by atoms with van der Waals surface area (Å²) in [5.74, 6) is 1.86. The predicted molar refractivity (Wildman–Crippen MR) is 200 cm³/mol. The second-order valence-corrected chi connectivity index (χ2v) is 13.9. The third kappa shape index (κ3) is 25.4. The first-order chi connectivity index (χ1) is 22.2. The highest BCUT2D eigenvalue weighted by Crippen LogP contribution is 2.24. The molecular formula is C41H77N3O. The lowest BCUT2D eigenvalue weighted by atomic mass is 9.85. The lowest BCUT2D eigenvalue weighted by Crippen LogP contribution is -2.33. The van der Waals surface area contributed by atoms with Crippen molar-refractivity contribution < 1.29 is 4.79 Å². The van der Waals surface area contributed by atoms with Gasteiger partial charge in [-0.2, -0.15) is 0 Å². The van der Waals surface area contributed by atoms with Crippen molar-refractivity contribution in [3.63, 3.8) is 0 Å². The van der Waals surface area contributed by atoms with E-state index in [9.17, 15) is 4.79 Å². The third-order valence-corrected chi connectivity index (χ3v) is 9.65. The van der Waals surface area contributed by atoms with E-state index in [0.717, 1.165) is 44.6 Å². The Morgan fingerprint density at radius 1 is 0.667 bits per heavy atom. The highest BCUT2D eigenvalue weighted by Gasteiger charge is 2.25. The second-order valence-electron chi connectivity index (χ2n) is 13.9. The Hall–Kier alpha value is -1.42. The van der Waals surface area contributed by atoms with Crippen LogP contribution in [0.4, 0.5) is 0 Å². The van der Waals surface area contributed by atoms with Crippen LogP contribution in [0.2, 0.25) is 0 Å². The molecule has 45 heavy (non-hydrogen) atoms. The van der Waals surface area contributed by atoms with Crippen molar-refractivity contribution in [2.75, 3.05) is 19.6 Å². The van der Waals surface area contributed by atoms with Crippen molar-refractivity contribution in [3.8, 4) is 0 Å². The van der Waals surface area contributed by atoms with Crippen LogP contribution < -0.4 is 11.1 Å². The molecule has 1 aliphatic heterocycles. The summed E-state index contributed by atoms with van der Waals surface area (Å²) < 4.78 is 0. The van der Waals surface area contributed by atoms with E-state index >= 15 is 0 Å². The summed E-state index contributed by atoms with van der Waals surface area (Å²) in [5.41, 5.74) is 6.16. The minimum Gasteiger partial charge on any atom is -0.372 e. The van der Waals surface area contributed by atoms with Gasteiger partial charge in [0, 0.05) is 31.3 Å². The molecule has 0 bridgehead atoms. The minimum atomic E-state index is -0.0198. The molecule has 0 radical (unpaired) electrons. The zero-order valence-electron chi connectivity index (χ0n) is 30.3. The fourth-order valence-corrected chi connectivity index (χ4v) is 6.62. The first-order valence-electron chi connectivity index (χ1n) is 20.0. The molecule has 1 rings (SSSR count). The van der Waals surface area contributed by atoms with Gasteiger partial charge in [0.05, 0.1) is 12.4 Å². The van der Waals surface area contributed by atoms with E-state index in [1.54, 1.807) is 0 Å². The number of hydrogen-bond donors (Lipinski definition) is 2. The van der Waals surface area contributed by atoms with Crippen LogP contribution in [0.5, 0.6) is 0 Å². The highest BCUT2D eigenvalue weighted by atomic mass is 16.1. The summed E-state index contributed by atoms with van der Waals surface area (Å²) in [7, 11) is 0. The van der Waals surface area contributed by atoms with E-state index in [1.807, 2.05) is 0 Å². The molecule has 0 aromatic heterocycles. The molecule has 0 saturated carbocycles. The Morgan fingerprint density at radius 3 is 1.56 bits per heavy atom. The van der Waals surface area contributed by atoms with Gasteiger partial charge in [-0.25, -0.2) is 0 Å². The van der Waals surface area contributed by atoms with Gasteiger partial charge >= 0.3 is 0 Å². The average Bonchev–Trinajstić information content (AvgIpc) is 3.59. The van der Waals surface area contributed by atoms with E-state index in [0.29, 0.717) is 24.7 Å². The maximum atomic E-state index is 13.1. The van der Waals surface area contributed by atoms with Gasteiger partial charge in [0.25, 0.3) is 0 Å². The number of amidine groups is 1. The zero-order valence-corrected chi connectivity index (χ0v) is 30.3. The minimum absolute atomic E-state index is 0.0198. The number of unbranched alkanes of at least 4 members (excludes halogenated alkanes) is 21. The molecule has 4 heteroatoms. The van der Waals surface area contributed by atoms with Crippen molar-refractivity contribution in [1.29, 1.82) is 0 Å². The number of rotatable bonds is 34. The number of nitrogens with two attached hydrogens (primary N) is 1. The van der Waals surface area contributed by atoms with Crippen molar-refractivity contribution >= 4 is 11.6 Å². The molecule has 0 spiro atoms. The molecular weight excluding hydrogens is 550 g/mol. The second kappa shape index (κ2) is 32.5. The van der Waals surface area contributed by atoms with Crippen LogP contribution in [0.25, 0.3) is 0 Å². The molecule has 4 nitrogen and oxygen atoms in total. The summed E-state index contributed by atoms with van der Waals surface area (Å²) in [6.45, 7) is 6.84. The highest BCUT2D eigenvalue weighted by molar-refractivity contribution is 5.87. The fourth-order valence-electron chi connectivity index (χ4n) is 6.62. The lowest BCUT2D eigenvalue weighted by molar-refractivity contribution is -0.123. The lowest BCUT2D eigenvalue weighted by Gasteiger charge is -2.22. The Bertz CT molecular complexity index is 743. The van der Waals surface area contributed by atoms with Crippen molar-refractivity contribution in [1.82, 2.24) is 5.32 Å². The SMILES string of the molecule is CCCCCCCC/C=C\CCCCCCCC(=O)C(CN)CC(CCCCCC/C=C\CCCCCCCC)C1=NCCN1. The first kappa shape index (κ1) is 41.6. The van der Waals surface area contributed by atoms with Crippen LogP contribution in [0.3, 0.4) is 0 Å². The number of nitrogens with one attached hydrogen (secondary N) is 1. The molecule has 2 atom stereocenters. The predicted octanol–water partition coefficient (Wildman–Crippen LogP) is 11.8. The molecule has 0 aromatic rings. The quantitative estimate of drug-likeness (QED) is 0.0551. The number of carbonyl (C=O) groups excluding carboxylic acids is 1. The number of carbonyl (C=O) groups is 1. The first-order valence-corrected chi connectivity index (χ1v) is 20.0. The number of ketones is 1. The Balaban J connectivity index is 2.15. The standard InChI is InChI=1S/C41H77N3O/c1-3-5-7-9-11-13-15-17-19-21-23-25-27-29-31-33-40(45)39(37-42)36-38(41-43-34-35-44-41)32-30-28-26-24-22-20-18-16-14-12-10-8-6-4-2/h17-20,38-39H,3-16,21-37,42H2,1-2H3,(H,43,44)/b19-17-,20-18-. The van der Waals surface area contributed by atoms with Gasteiger partial charge in [0.15, 0.2) is 0 Å². The molecule has 2 unspecified atom stereocenters. The molecule has 1 heterocycles. The Kier molecular flexibility index (Phi) is 30.1. The van der Waals surface area contributed by atoms with Gasteiger partial charge in [-0.1, -0.05) is 141 Å². The van der Waals surface area contributed by atoms with E-state index in [2.05, 4.69) is 43.5 Å². The summed E-state index contributed by atoms with van der Waals surface area (Å²) >= 11 is 0. The molecule has 3 N–H and O–H groups in total. The topological polar surface area (TPSA) is 67.5 Å². The summed E-state index contributed by atoms with van der Waals surface area (Å²) in [6.07, 6.45) is 44.8. The number of aliphatic imine (C=N–C) groups is 1. The maximum Gasteiger partial charge on any atom is 0.137 e. The van der Waals surface area contributed by atoms with E-state index < -0.39 is 0 Å². The molecule has 0 saturated heterocycles. The van der Waals surface area contributed by atoms with E-state index in [4.69, 9.17) is 10.7 Å². The van der Waals surface area contributed by atoms with Gasteiger partial charge in [-0.15, -0.1) is 0 Å². The smallest absolute Gasteiger partial charge is 0.137 e. The van der Waals surface area contributed by atoms with Crippen molar-refractivity contribution in [2.24, 2.45) is 22.6 Å². The summed E-state index contributed by atoms with van der Waals surface area (Å²) in [4.78, 5) is 17.9. The molecule has 0 fully saturated rings. The van der Waals surface area contributed by atoms with Crippen LogP contribution in [-0.4, -0.2) is 31.3 Å². The number of allylic oxidation sites excluding steroid dienone is 4. The summed E-state index contributed by atoms with van der Waals surface area (Å²) in [6, 6.07) is 0. The van der Waals surface area contributed by atoms with Crippen LogP contribution in [-0.2, 0) is 4.79 Å². The number of nitrogens with zero attached hydrogens (tertiary/aromatic N) is 1. The molecule has 0 amide bonds. The monoisotopic (exact) mass is 628 g/mol. The third-order valence-electron chi connectivity index (χ3n) is 9.65. The van der Waals surface area contributed by atoms with Gasteiger partial charge < -0.3 is 11.1 Å².